The van der Waals surface area contributed by atoms with Crippen molar-refractivity contribution in [1.82, 2.24) is 4.90 Å². The highest BCUT2D eigenvalue weighted by Gasteiger charge is 2.45. The third kappa shape index (κ3) is 2.98. The zero-order valence-corrected chi connectivity index (χ0v) is 16.9. The molecule has 5 rings (SSSR count). The second kappa shape index (κ2) is 7.51. The molecule has 4 aromatic rings. The van der Waals surface area contributed by atoms with Gasteiger partial charge in [-0.05, 0) is 33.9 Å². The van der Waals surface area contributed by atoms with E-state index in [1.165, 1.54) is 22.3 Å². The van der Waals surface area contributed by atoms with Crippen LogP contribution in [0, 0.1) is 0 Å². The van der Waals surface area contributed by atoms with E-state index in [1.807, 2.05) is 12.1 Å². The Morgan fingerprint density at radius 3 is 1.52 bits per heavy atom. The van der Waals surface area contributed by atoms with Gasteiger partial charge in [0, 0.05) is 18.1 Å². The van der Waals surface area contributed by atoms with Crippen molar-refractivity contribution in [2.75, 3.05) is 0 Å². The summed E-state index contributed by atoms with van der Waals surface area (Å²) in [6.07, 6.45) is 0. The molecule has 0 saturated heterocycles. The quantitative estimate of drug-likeness (QED) is 0.350. The van der Waals surface area contributed by atoms with Crippen LogP contribution in [0.2, 0.25) is 5.02 Å². The van der Waals surface area contributed by atoms with Gasteiger partial charge in [0.1, 0.15) is 0 Å². The fraction of sp³-hybridized carbons (Fsp3) is 0.111. The molecule has 0 aliphatic carbocycles. The van der Waals surface area contributed by atoms with Gasteiger partial charge in [-0.25, -0.2) is 0 Å². The minimum atomic E-state index is -0.472. The Hall–Kier alpha value is -2.87. The van der Waals surface area contributed by atoms with Crippen molar-refractivity contribution < 1.29 is 0 Å². The highest BCUT2D eigenvalue weighted by Crippen LogP contribution is 2.48. The van der Waals surface area contributed by atoms with Crippen LogP contribution >= 0.6 is 11.6 Å². The number of rotatable bonds is 4. The number of benzene rings is 4. The summed E-state index contributed by atoms with van der Waals surface area (Å²) in [6, 6.07) is 38.5. The van der Waals surface area contributed by atoms with Gasteiger partial charge in [0.2, 0.25) is 0 Å². The first-order valence-electron chi connectivity index (χ1n) is 9.98. The molecule has 0 unspecified atom stereocenters. The molecule has 29 heavy (non-hydrogen) atoms. The van der Waals surface area contributed by atoms with Crippen LogP contribution in [0.1, 0.15) is 27.8 Å². The fourth-order valence-electron chi connectivity index (χ4n) is 4.70. The molecule has 0 spiro atoms. The number of halogens is 1. The summed E-state index contributed by atoms with van der Waals surface area (Å²) >= 11 is 6.87. The first kappa shape index (κ1) is 18.2. The molecular formula is C27H22ClN. The minimum Gasteiger partial charge on any atom is -0.277 e. The molecule has 1 nitrogen and oxygen atoms in total. The molecule has 0 bridgehead atoms. The molecule has 142 valence electrons. The maximum Gasteiger partial charge on any atom is 0.0993 e. The second-order valence-corrected chi connectivity index (χ2v) is 7.95. The first-order valence-corrected chi connectivity index (χ1v) is 10.4. The molecule has 0 atom stereocenters. The lowest BCUT2D eigenvalue weighted by Crippen LogP contribution is -2.45. The Labute approximate surface area is 177 Å². The van der Waals surface area contributed by atoms with E-state index in [0.717, 1.165) is 23.7 Å². The van der Waals surface area contributed by atoms with Gasteiger partial charge in [-0.1, -0.05) is 115 Å². The molecule has 0 saturated carbocycles. The molecule has 4 aromatic carbocycles. The SMILES string of the molecule is Clc1ccccc1C(c1ccccc1)(c1ccccc1)N1Cc2ccccc2C1. The third-order valence-electron chi connectivity index (χ3n) is 5.96. The van der Waals surface area contributed by atoms with E-state index in [1.54, 1.807) is 0 Å². The van der Waals surface area contributed by atoms with Crippen LogP contribution in [0.4, 0.5) is 0 Å². The van der Waals surface area contributed by atoms with Crippen LogP contribution in [0.5, 0.6) is 0 Å². The molecule has 0 amide bonds. The molecular weight excluding hydrogens is 374 g/mol. The van der Waals surface area contributed by atoms with Gasteiger partial charge >= 0.3 is 0 Å². The molecule has 1 aliphatic heterocycles. The summed E-state index contributed by atoms with van der Waals surface area (Å²) in [6.45, 7) is 1.76. The summed E-state index contributed by atoms with van der Waals surface area (Å²) in [5.41, 5.74) is 5.87. The molecule has 2 heteroatoms. The number of nitrogens with zero attached hydrogens (tertiary/aromatic N) is 1. The van der Waals surface area contributed by atoms with Gasteiger partial charge in [0.15, 0.2) is 0 Å². The van der Waals surface area contributed by atoms with Gasteiger partial charge in [0.25, 0.3) is 0 Å². The molecule has 0 aromatic heterocycles. The lowest BCUT2D eigenvalue weighted by molar-refractivity contribution is 0.157. The summed E-state index contributed by atoms with van der Waals surface area (Å²) in [5, 5.41) is 0.788. The van der Waals surface area contributed by atoms with Crippen molar-refractivity contribution in [3.05, 3.63) is 142 Å². The van der Waals surface area contributed by atoms with E-state index in [9.17, 15) is 0 Å². The zero-order chi connectivity index (χ0) is 19.7. The van der Waals surface area contributed by atoms with Crippen molar-refractivity contribution in [1.29, 1.82) is 0 Å². The van der Waals surface area contributed by atoms with Gasteiger partial charge in [-0.15, -0.1) is 0 Å². The Morgan fingerprint density at radius 2 is 1.00 bits per heavy atom. The molecule has 0 N–H and O–H groups in total. The van der Waals surface area contributed by atoms with Crippen LogP contribution in [-0.2, 0) is 18.6 Å². The highest BCUT2D eigenvalue weighted by molar-refractivity contribution is 6.31. The average Bonchev–Trinajstić information content (AvgIpc) is 3.21. The molecule has 1 aliphatic rings. The highest BCUT2D eigenvalue weighted by atomic mass is 35.5. The van der Waals surface area contributed by atoms with E-state index in [0.29, 0.717) is 0 Å². The second-order valence-electron chi connectivity index (χ2n) is 7.55. The lowest BCUT2D eigenvalue weighted by Gasteiger charge is -2.44. The summed E-state index contributed by atoms with van der Waals surface area (Å²) in [4.78, 5) is 2.56. The third-order valence-corrected chi connectivity index (χ3v) is 6.29. The summed E-state index contributed by atoms with van der Waals surface area (Å²) in [7, 11) is 0. The van der Waals surface area contributed by atoms with E-state index in [-0.39, 0.29) is 0 Å². The van der Waals surface area contributed by atoms with Crippen molar-refractivity contribution in [2.45, 2.75) is 18.6 Å². The van der Waals surface area contributed by atoms with Crippen LogP contribution in [-0.4, -0.2) is 4.90 Å². The molecule has 0 fully saturated rings. The van der Waals surface area contributed by atoms with Gasteiger partial charge in [-0.2, -0.15) is 0 Å². The fourth-order valence-corrected chi connectivity index (χ4v) is 4.97. The topological polar surface area (TPSA) is 3.24 Å². The number of hydrogen-bond donors (Lipinski definition) is 0. The zero-order valence-electron chi connectivity index (χ0n) is 16.1. The first-order chi connectivity index (χ1) is 14.3. The molecule has 1 heterocycles. The van der Waals surface area contributed by atoms with Crippen LogP contribution in [0.15, 0.2) is 109 Å². The lowest BCUT2D eigenvalue weighted by atomic mass is 9.75. The van der Waals surface area contributed by atoms with Crippen molar-refractivity contribution in [2.24, 2.45) is 0 Å². The largest absolute Gasteiger partial charge is 0.277 e. The van der Waals surface area contributed by atoms with Crippen LogP contribution in [0.25, 0.3) is 0 Å². The summed E-state index contributed by atoms with van der Waals surface area (Å²) < 4.78 is 0. The number of fused-ring (bicyclic) bond motifs is 1. The van der Waals surface area contributed by atoms with Crippen molar-refractivity contribution in [3.63, 3.8) is 0 Å². The predicted molar refractivity (Wildman–Crippen MR) is 120 cm³/mol. The van der Waals surface area contributed by atoms with E-state index in [4.69, 9.17) is 11.6 Å². The van der Waals surface area contributed by atoms with Gasteiger partial charge in [0.05, 0.1) is 5.54 Å². The summed E-state index contributed by atoms with van der Waals surface area (Å²) in [5.74, 6) is 0. The number of hydrogen-bond acceptors (Lipinski definition) is 1. The van der Waals surface area contributed by atoms with Crippen LogP contribution in [0.3, 0.4) is 0 Å². The predicted octanol–water partition coefficient (Wildman–Crippen LogP) is 6.65. The Balaban J connectivity index is 1.82. The average molecular weight is 396 g/mol. The minimum absolute atomic E-state index is 0.472. The standard InChI is InChI=1S/C27H22ClN/c28-26-18-10-9-17-25(26)27(23-13-3-1-4-14-23,24-15-5-2-6-16-24)29-19-21-11-7-8-12-22(21)20-29/h1-18H,19-20H2. The van der Waals surface area contributed by atoms with E-state index >= 15 is 0 Å². The van der Waals surface area contributed by atoms with E-state index in [2.05, 4.69) is 102 Å². The Morgan fingerprint density at radius 1 is 0.552 bits per heavy atom. The van der Waals surface area contributed by atoms with Gasteiger partial charge in [-0.3, -0.25) is 4.90 Å². The monoisotopic (exact) mass is 395 g/mol. The van der Waals surface area contributed by atoms with Gasteiger partial charge < -0.3 is 0 Å². The van der Waals surface area contributed by atoms with Crippen molar-refractivity contribution >= 4 is 11.6 Å². The van der Waals surface area contributed by atoms with Crippen molar-refractivity contribution in [3.8, 4) is 0 Å². The molecule has 0 radical (unpaired) electrons. The smallest absolute Gasteiger partial charge is 0.0993 e. The maximum absolute atomic E-state index is 6.87. The maximum atomic E-state index is 6.87. The van der Waals surface area contributed by atoms with Crippen LogP contribution < -0.4 is 0 Å². The van der Waals surface area contributed by atoms with E-state index < -0.39 is 5.54 Å². The Bertz CT molecular complexity index is 1060. The normalized spacial score (nSPS) is 14.0. The Kier molecular flexibility index (Phi) is 4.71.